The van der Waals surface area contributed by atoms with Crippen LogP contribution in [0.1, 0.15) is 11.1 Å². The zero-order valence-corrected chi connectivity index (χ0v) is 14.7. The second kappa shape index (κ2) is 7.92. The normalized spacial score (nSPS) is 16.0. The first kappa shape index (κ1) is 17.1. The molecule has 0 radical (unpaired) electrons. The molecule has 0 aliphatic carbocycles. The minimum absolute atomic E-state index is 0.0226. The van der Waals surface area contributed by atoms with Gasteiger partial charge in [0.25, 0.3) is 0 Å². The third kappa shape index (κ3) is 4.44. The van der Waals surface area contributed by atoms with Crippen molar-refractivity contribution in [2.24, 2.45) is 0 Å². The van der Waals surface area contributed by atoms with Gasteiger partial charge < -0.3 is 4.90 Å². The molecular weight excluding hydrogens is 347 g/mol. The van der Waals surface area contributed by atoms with Crippen molar-refractivity contribution in [3.63, 3.8) is 0 Å². The largest absolute Gasteiger partial charge is 0.337 e. The van der Waals surface area contributed by atoms with E-state index >= 15 is 0 Å². The summed E-state index contributed by atoms with van der Waals surface area (Å²) in [6.07, 6.45) is 3.20. The second-order valence-electron chi connectivity index (χ2n) is 5.74. The summed E-state index contributed by atoms with van der Waals surface area (Å²) in [6, 6.07) is 6.55. The smallest absolute Gasteiger partial charge is 0.246 e. The van der Waals surface area contributed by atoms with Crippen LogP contribution in [-0.4, -0.2) is 41.9 Å². The highest BCUT2D eigenvalue weighted by Crippen LogP contribution is 2.17. The Morgan fingerprint density at radius 3 is 2.71 bits per heavy atom. The molecule has 2 heterocycles. The molecule has 1 aliphatic heterocycles. The SMILES string of the molecule is O=C(/C=C/c1ccc(F)c(Cl)c1)N1CCN(Cc2ccsc2)CC1. The predicted molar refractivity (Wildman–Crippen MR) is 96.6 cm³/mol. The first-order valence-corrected chi connectivity index (χ1v) is 9.09. The minimum atomic E-state index is -0.457. The molecule has 0 spiro atoms. The lowest BCUT2D eigenvalue weighted by Gasteiger charge is -2.34. The molecule has 0 bridgehead atoms. The molecule has 0 unspecified atom stereocenters. The van der Waals surface area contributed by atoms with E-state index in [1.165, 1.54) is 23.8 Å². The molecule has 1 aromatic heterocycles. The number of piperazine rings is 1. The quantitative estimate of drug-likeness (QED) is 0.768. The standard InChI is InChI=1S/C18H18ClFN2OS/c19-16-11-14(1-3-17(16)20)2-4-18(23)22-8-6-21(7-9-22)12-15-5-10-24-13-15/h1-5,10-11,13H,6-9,12H2/b4-2+. The fourth-order valence-electron chi connectivity index (χ4n) is 2.66. The number of halogens is 2. The van der Waals surface area contributed by atoms with E-state index < -0.39 is 5.82 Å². The van der Waals surface area contributed by atoms with E-state index in [0.717, 1.165) is 32.7 Å². The number of hydrogen-bond acceptors (Lipinski definition) is 3. The third-order valence-electron chi connectivity index (χ3n) is 4.03. The number of carbonyl (C=O) groups is 1. The maximum atomic E-state index is 13.1. The molecule has 1 fully saturated rings. The first-order chi connectivity index (χ1) is 11.6. The van der Waals surface area contributed by atoms with Crippen LogP contribution in [0.15, 0.2) is 41.1 Å². The topological polar surface area (TPSA) is 23.6 Å². The Morgan fingerprint density at radius 1 is 1.25 bits per heavy atom. The molecule has 0 N–H and O–H groups in total. The van der Waals surface area contributed by atoms with E-state index in [0.29, 0.717) is 5.56 Å². The van der Waals surface area contributed by atoms with Crippen molar-refractivity contribution >= 4 is 34.9 Å². The predicted octanol–water partition coefficient (Wildman–Crippen LogP) is 3.90. The molecule has 24 heavy (non-hydrogen) atoms. The van der Waals surface area contributed by atoms with E-state index in [4.69, 9.17) is 11.6 Å². The van der Waals surface area contributed by atoms with Gasteiger partial charge in [-0.15, -0.1) is 0 Å². The van der Waals surface area contributed by atoms with Crippen molar-refractivity contribution in [3.05, 3.63) is 63.1 Å². The van der Waals surface area contributed by atoms with Crippen molar-refractivity contribution in [3.8, 4) is 0 Å². The van der Waals surface area contributed by atoms with Crippen LogP contribution in [0, 0.1) is 5.82 Å². The summed E-state index contributed by atoms with van der Waals surface area (Å²) in [4.78, 5) is 16.5. The van der Waals surface area contributed by atoms with E-state index in [2.05, 4.69) is 21.7 Å². The Morgan fingerprint density at radius 2 is 2.04 bits per heavy atom. The highest BCUT2D eigenvalue weighted by Gasteiger charge is 2.19. The third-order valence-corrected chi connectivity index (χ3v) is 5.05. The van der Waals surface area contributed by atoms with Crippen molar-refractivity contribution < 1.29 is 9.18 Å². The summed E-state index contributed by atoms with van der Waals surface area (Å²) in [6.45, 7) is 4.13. The molecule has 0 saturated carbocycles. The summed E-state index contributed by atoms with van der Waals surface area (Å²) in [5.74, 6) is -0.479. The monoisotopic (exact) mass is 364 g/mol. The summed E-state index contributed by atoms with van der Waals surface area (Å²) < 4.78 is 13.1. The van der Waals surface area contributed by atoms with Crippen LogP contribution in [0.5, 0.6) is 0 Å². The van der Waals surface area contributed by atoms with Gasteiger partial charge in [-0.2, -0.15) is 11.3 Å². The van der Waals surface area contributed by atoms with Crippen LogP contribution in [0.2, 0.25) is 5.02 Å². The zero-order chi connectivity index (χ0) is 16.9. The van der Waals surface area contributed by atoms with Gasteiger partial charge in [0.2, 0.25) is 5.91 Å². The number of nitrogens with zero attached hydrogens (tertiary/aromatic N) is 2. The molecule has 1 saturated heterocycles. The van der Waals surface area contributed by atoms with Crippen LogP contribution < -0.4 is 0 Å². The molecule has 6 heteroatoms. The van der Waals surface area contributed by atoms with Gasteiger partial charge >= 0.3 is 0 Å². The molecule has 3 nitrogen and oxygen atoms in total. The first-order valence-electron chi connectivity index (χ1n) is 7.77. The lowest BCUT2D eigenvalue weighted by molar-refractivity contribution is -0.127. The Labute approximate surface area is 150 Å². The van der Waals surface area contributed by atoms with Crippen molar-refractivity contribution in [2.45, 2.75) is 6.54 Å². The maximum Gasteiger partial charge on any atom is 0.246 e. The summed E-state index contributed by atoms with van der Waals surface area (Å²) in [5, 5.41) is 4.31. The average Bonchev–Trinajstić information content (AvgIpc) is 3.09. The van der Waals surface area contributed by atoms with Gasteiger partial charge in [-0.05, 0) is 46.2 Å². The van der Waals surface area contributed by atoms with Gasteiger partial charge in [-0.1, -0.05) is 17.7 Å². The van der Waals surface area contributed by atoms with Crippen LogP contribution in [0.3, 0.4) is 0 Å². The van der Waals surface area contributed by atoms with E-state index in [1.807, 2.05) is 4.90 Å². The summed E-state index contributed by atoms with van der Waals surface area (Å²) >= 11 is 7.45. The van der Waals surface area contributed by atoms with Gasteiger partial charge in [0.1, 0.15) is 5.82 Å². The Bertz CT molecular complexity index is 725. The van der Waals surface area contributed by atoms with Gasteiger partial charge in [-0.25, -0.2) is 4.39 Å². The van der Waals surface area contributed by atoms with Gasteiger partial charge in [0.15, 0.2) is 0 Å². The maximum absolute atomic E-state index is 13.1. The van der Waals surface area contributed by atoms with Gasteiger partial charge in [0, 0.05) is 38.8 Å². The van der Waals surface area contributed by atoms with Crippen molar-refractivity contribution in [1.29, 1.82) is 0 Å². The van der Waals surface area contributed by atoms with E-state index in [-0.39, 0.29) is 10.9 Å². The number of benzene rings is 1. The molecule has 1 aromatic carbocycles. The number of hydrogen-bond donors (Lipinski definition) is 0. The number of amides is 1. The Hall–Kier alpha value is -1.69. The van der Waals surface area contributed by atoms with E-state index in [9.17, 15) is 9.18 Å². The highest BCUT2D eigenvalue weighted by atomic mass is 35.5. The van der Waals surface area contributed by atoms with Crippen molar-refractivity contribution in [2.75, 3.05) is 26.2 Å². The average molecular weight is 365 g/mol. The number of rotatable bonds is 4. The van der Waals surface area contributed by atoms with Crippen molar-refractivity contribution in [1.82, 2.24) is 9.80 Å². The van der Waals surface area contributed by atoms with E-state index in [1.54, 1.807) is 23.5 Å². The van der Waals surface area contributed by atoms with Crippen LogP contribution >= 0.6 is 22.9 Å². The minimum Gasteiger partial charge on any atom is -0.337 e. The Balaban J connectivity index is 1.51. The van der Waals surface area contributed by atoms with Crippen LogP contribution in [0.4, 0.5) is 4.39 Å². The fourth-order valence-corrected chi connectivity index (χ4v) is 3.50. The van der Waals surface area contributed by atoms with Gasteiger partial charge in [0.05, 0.1) is 5.02 Å². The Kier molecular flexibility index (Phi) is 5.66. The molecule has 3 rings (SSSR count). The zero-order valence-electron chi connectivity index (χ0n) is 13.1. The second-order valence-corrected chi connectivity index (χ2v) is 6.93. The van der Waals surface area contributed by atoms with Gasteiger partial charge in [-0.3, -0.25) is 9.69 Å². The lowest BCUT2D eigenvalue weighted by Crippen LogP contribution is -2.47. The summed E-state index contributed by atoms with van der Waals surface area (Å²) in [5.41, 5.74) is 2.04. The number of carbonyl (C=O) groups excluding carboxylic acids is 1. The summed E-state index contributed by atoms with van der Waals surface area (Å²) in [7, 11) is 0. The molecule has 1 aliphatic rings. The molecule has 2 aromatic rings. The number of thiophene rings is 1. The fraction of sp³-hybridized carbons (Fsp3) is 0.278. The molecule has 0 atom stereocenters. The lowest BCUT2D eigenvalue weighted by atomic mass is 10.2. The molecular formula is C18H18ClFN2OS. The molecule has 1 amide bonds. The molecule has 126 valence electrons. The van der Waals surface area contributed by atoms with Crippen LogP contribution in [-0.2, 0) is 11.3 Å². The highest BCUT2D eigenvalue weighted by molar-refractivity contribution is 7.07. The van der Waals surface area contributed by atoms with Crippen LogP contribution in [0.25, 0.3) is 6.08 Å².